The van der Waals surface area contributed by atoms with Crippen molar-refractivity contribution in [3.05, 3.63) is 127 Å². The van der Waals surface area contributed by atoms with E-state index in [1.165, 1.54) is 30.4 Å². The zero-order valence-corrected chi connectivity index (χ0v) is 49.9. The molecule has 25 heteroatoms. The number of carbonyl (C=O) groups is 8. The molecule has 4 aromatic heterocycles. The molecule has 5 aliphatic rings. The van der Waals surface area contributed by atoms with Gasteiger partial charge in [-0.05, 0) is 76.1 Å². The number of aromatic nitrogens is 4. The zero-order valence-electron chi connectivity index (χ0n) is 48.3. The van der Waals surface area contributed by atoms with Crippen LogP contribution in [0.4, 0.5) is 0 Å². The predicted octanol–water partition coefficient (Wildman–Crippen LogP) is 3.96. The summed E-state index contributed by atoms with van der Waals surface area (Å²) in [5, 5.41) is 12.7. The lowest BCUT2D eigenvalue weighted by atomic mass is 9.85. The van der Waals surface area contributed by atoms with Gasteiger partial charge in [0.1, 0.15) is 38.1 Å². The quantitative estimate of drug-likeness (QED) is 0.0378. The molecule has 4 aliphatic heterocycles. The van der Waals surface area contributed by atoms with Crippen molar-refractivity contribution in [2.75, 3.05) is 44.9 Å². The fourth-order valence-electron chi connectivity index (χ4n) is 11.7. The molecule has 6 atom stereocenters. The maximum atomic E-state index is 14.1. The topological polar surface area (TPSA) is 301 Å². The van der Waals surface area contributed by atoms with Gasteiger partial charge in [0.15, 0.2) is 0 Å². The number of carbonyl (C=O) groups excluding carboxylic acids is 8. The van der Waals surface area contributed by atoms with Crippen molar-refractivity contribution in [1.82, 2.24) is 40.4 Å². The number of cyclic esters (lactones) is 2. The van der Waals surface area contributed by atoms with Gasteiger partial charge in [-0.15, -0.1) is 0 Å². The first-order valence-electron chi connectivity index (χ1n) is 28.9. The Balaban J connectivity index is 0.706. The Kier molecular flexibility index (Phi) is 17.5. The van der Waals surface area contributed by atoms with E-state index < -0.39 is 83.5 Å². The Bertz CT molecular complexity index is 3960. The number of hydrogen-bond donors (Lipinski definition) is 4. The van der Waals surface area contributed by atoms with E-state index in [1.54, 1.807) is 42.2 Å². The van der Waals surface area contributed by atoms with Crippen molar-refractivity contribution < 1.29 is 62.0 Å². The van der Waals surface area contributed by atoms with E-state index in [2.05, 4.69) is 21.3 Å². The number of fused-ring (bicyclic) bond motifs is 10. The van der Waals surface area contributed by atoms with E-state index in [9.17, 15) is 47.9 Å². The maximum Gasteiger partial charge on any atom is 0.355 e. The molecule has 3 amide bonds. The third kappa shape index (κ3) is 11.8. The second-order valence-corrected chi connectivity index (χ2v) is 24.5. The summed E-state index contributed by atoms with van der Waals surface area (Å²) in [6.45, 7) is 3.36. The number of nitrogens with one attached hydrogen (secondary N) is 4. The van der Waals surface area contributed by atoms with Crippen molar-refractivity contribution in [2.24, 2.45) is 0 Å². The number of pyridine rings is 4. The summed E-state index contributed by atoms with van der Waals surface area (Å²) in [4.78, 5) is 145. The zero-order chi connectivity index (χ0) is 61.3. The highest BCUT2D eigenvalue weighted by molar-refractivity contribution is 8.04. The largest absolute Gasteiger partial charge is 0.457 e. The highest BCUT2D eigenvalue weighted by Crippen LogP contribution is 2.44. The van der Waals surface area contributed by atoms with Crippen molar-refractivity contribution in [1.29, 1.82) is 0 Å². The summed E-state index contributed by atoms with van der Waals surface area (Å²) < 4.78 is 31.5. The number of esters is 4. The molecule has 87 heavy (non-hydrogen) atoms. The molecule has 0 spiro atoms. The van der Waals surface area contributed by atoms with E-state index in [-0.39, 0.29) is 121 Å². The number of para-hydroxylation sites is 2. The molecule has 1 fully saturated rings. The van der Waals surface area contributed by atoms with Gasteiger partial charge in [-0.1, -0.05) is 50.2 Å². The summed E-state index contributed by atoms with van der Waals surface area (Å²) in [5.41, 5.74) is 1.09. The fraction of sp³-hybridized carbons (Fsp3) is 0.419. The van der Waals surface area contributed by atoms with Gasteiger partial charge >= 0.3 is 23.9 Å². The van der Waals surface area contributed by atoms with E-state index in [0.29, 0.717) is 28.3 Å². The molecule has 0 bridgehead atoms. The van der Waals surface area contributed by atoms with Gasteiger partial charge in [-0.3, -0.25) is 38.4 Å². The third-order valence-corrected chi connectivity index (χ3v) is 19.9. The molecular weight excluding hydrogens is 1160 g/mol. The summed E-state index contributed by atoms with van der Waals surface area (Å²) in [6.07, 6.45) is 1.41. The van der Waals surface area contributed by atoms with E-state index in [0.717, 1.165) is 40.3 Å². The first-order valence-corrected chi connectivity index (χ1v) is 31.0. The van der Waals surface area contributed by atoms with Crippen molar-refractivity contribution in [3.8, 4) is 22.8 Å². The van der Waals surface area contributed by atoms with Crippen molar-refractivity contribution in [2.45, 2.75) is 119 Å². The number of benzene rings is 2. The van der Waals surface area contributed by atoms with Crippen LogP contribution >= 0.6 is 23.5 Å². The van der Waals surface area contributed by atoms with Crippen LogP contribution < -0.4 is 32.4 Å². The van der Waals surface area contributed by atoms with Gasteiger partial charge in [-0.25, -0.2) is 19.6 Å². The normalized spacial score (nSPS) is 20.0. The van der Waals surface area contributed by atoms with E-state index >= 15 is 0 Å². The van der Waals surface area contributed by atoms with Crippen molar-refractivity contribution in [3.63, 3.8) is 0 Å². The Labute approximate surface area is 506 Å². The van der Waals surface area contributed by atoms with Crippen LogP contribution in [0.25, 0.3) is 44.6 Å². The van der Waals surface area contributed by atoms with Gasteiger partial charge in [0.2, 0.25) is 28.9 Å². The van der Waals surface area contributed by atoms with Crippen LogP contribution in [0, 0.1) is 0 Å². The first kappa shape index (κ1) is 60.4. The first-order chi connectivity index (χ1) is 41.9. The lowest BCUT2D eigenvalue weighted by Crippen LogP contribution is -2.52. The number of ketones is 1. The minimum absolute atomic E-state index is 0.0158. The van der Waals surface area contributed by atoms with E-state index in [4.69, 9.17) is 33.7 Å². The molecule has 0 saturated heterocycles. The maximum absolute atomic E-state index is 14.1. The van der Waals surface area contributed by atoms with Crippen LogP contribution in [0.5, 0.6) is 0 Å². The molecule has 1 aliphatic carbocycles. The number of ether oxygens (including phenoxy) is 5. The number of hydrogen-bond acceptors (Lipinski definition) is 20. The molecule has 6 aromatic rings. The second-order valence-electron chi connectivity index (χ2n) is 22.0. The molecule has 23 nitrogen and oxygen atoms in total. The number of Topliss-reactive ketones (excluding diaryl/α,β-unsaturated/α-hetero) is 1. The Morgan fingerprint density at radius 3 is 1.57 bits per heavy atom. The molecule has 1 saturated carbocycles. The number of amides is 3. The monoisotopic (exact) mass is 1220 g/mol. The smallest absolute Gasteiger partial charge is 0.355 e. The van der Waals surface area contributed by atoms with Crippen LogP contribution in [0.1, 0.15) is 92.7 Å². The molecule has 2 aromatic carbocycles. The molecule has 0 radical (unpaired) electrons. The number of nitrogens with zero attached hydrogens (tertiary/aromatic N) is 4. The fourth-order valence-corrected chi connectivity index (χ4v) is 14.9. The summed E-state index contributed by atoms with van der Waals surface area (Å²) in [5.74, 6) is -5.12. The number of thioether (sulfide) groups is 2. The van der Waals surface area contributed by atoms with Gasteiger partial charge in [-0.2, -0.15) is 23.5 Å². The molecule has 4 N–H and O–H groups in total. The highest BCUT2D eigenvalue weighted by Gasteiger charge is 2.52. The van der Waals surface area contributed by atoms with Crippen LogP contribution in [0.15, 0.2) is 82.4 Å². The highest BCUT2D eigenvalue weighted by atomic mass is 32.2. The molecule has 454 valence electrons. The van der Waals surface area contributed by atoms with Gasteiger partial charge < -0.3 is 54.1 Å². The van der Waals surface area contributed by atoms with Crippen LogP contribution in [-0.2, 0) is 99.5 Å². The van der Waals surface area contributed by atoms with Crippen LogP contribution in [0.2, 0.25) is 0 Å². The molecule has 11 rings (SSSR count). The lowest BCUT2D eigenvalue weighted by molar-refractivity contribution is -0.189. The standard InChI is InChI=1S/C62H64N8O15S2/c1-5-61(40-23-46-53-36(21-34-11-7-9-13-42(34)67-53)27-69(46)57(77)38(40)29-82-59(61)79)84-51(73)25-64-55(75)44(63-4)31-86-48-15-16-49(48)87-32-45(66-50(72)18-20-81-19-17-33(3)71)56(76)65-26-52(74)85-62(6-2)41-24-47-54-37(22-35-12-8-10-14-43(35)68-54)28-70(47)58(78)39(41)30-83-60(62)80/h7-14,21-24,44-45,48-49,63H,5-6,15-20,25-32H2,1-4H3,(H,64,75)(H,65,76)(H,66,72)/t44?,45?,48?,49?,61-,62-/m0/s1. The van der Waals surface area contributed by atoms with Crippen molar-refractivity contribution >= 4 is 92.7 Å². The Morgan fingerprint density at radius 2 is 1.11 bits per heavy atom. The number of likely N-dealkylation sites (N-methyl/N-ethyl adjacent to an activating group) is 1. The summed E-state index contributed by atoms with van der Waals surface area (Å²) >= 11 is 2.94. The van der Waals surface area contributed by atoms with Gasteiger partial charge in [0.05, 0.1) is 77.3 Å². The SMILES string of the molecule is CC[C@@]1(OC(=O)CNC(=O)C(CSC2CCC2SCC(NC(=O)CCOCCC(C)=O)C(=O)NCC(=O)O[C@]2(CC)C(=O)OCc3c2cc2n(c3=O)Cc3cc4ccccc4nc3-2)NC)C(=O)OCc2c1cc1n(c2=O)Cc2cc3ccccc3nc2-1. The minimum Gasteiger partial charge on any atom is -0.457 e. The Hall–Kier alpha value is -8.26. The molecular formula is C62H64N8O15S2. The average molecular weight is 1230 g/mol. The Morgan fingerprint density at radius 1 is 0.655 bits per heavy atom. The van der Waals surface area contributed by atoms with E-state index in [1.807, 2.05) is 60.7 Å². The van der Waals surface area contributed by atoms with Gasteiger partial charge in [0, 0.05) is 67.9 Å². The summed E-state index contributed by atoms with van der Waals surface area (Å²) in [6, 6.07) is 20.5. The summed E-state index contributed by atoms with van der Waals surface area (Å²) in [7, 11) is 1.60. The predicted molar refractivity (Wildman–Crippen MR) is 320 cm³/mol. The minimum atomic E-state index is -2.03. The molecule has 8 heterocycles. The lowest BCUT2D eigenvalue weighted by Gasteiger charge is -2.37. The third-order valence-electron chi connectivity index (χ3n) is 16.7. The van der Waals surface area contributed by atoms with Gasteiger partial charge in [0.25, 0.3) is 11.1 Å². The van der Waals surface area contributed by atoms with Crippen LogP contribution in [-0.4, -0.2) is 134 Å². The van der Waals surface area contributed by atoms with Crippen LogP contribution in [0.3, 0.4) is 0 Å². The number of rotatable bonds is 24. The molecule has 4 unspecified atom stereocenters. The second kappa shape index (κ2) is 25.2. The average Bonchev–Trinajstić information content (AvgIpc) is 1.73.